The fourth-order valence-electron chi connectivity index (χ4n) is 2.61. The van der Waals surface area contributed by atoms with Crippen LogP contribution >= 0.6 is 11.9 Å². The van der Waals surface area contributed by atoms with Gasteiger partial charge in [-0.15, -0.1) is 0 Å². The van der Waals surface area contributed by atoms with E-state index in [-0.39, 0.29) is 11.9 Å². The summed E-state index contributed by atoms with van der Waals surface area (Å²) in [5, 5.41) is 2.80. The first kappa shape index (κ1) is 26.2. The molecule has 2 aromatic carbocycles. The molecule has 0 aliphatic carbocycles. The first-order valence-corrected chi connectivity index (χ1v) is 11.4. The van der Waals surface area contributed by atoms with Crippen LogP contribution < -0.4 is 25.2 Å². The molecule has 2 aromatic rings. The molecule has 0 saturated carbocycles. The highest BCUT2D eigenvalue weighted by molar-refractivity contribution is 7.97. The summed E-state index contributed by atoms with van der Waals surface area (Å²) >= 11 is 1.56. The second kappa shape index (κ2) is 13.5. The van der Waals surface area contributed by atoms with Gasteiger partial charge >= 0.3 is 0 Å². The van der Waals surface area contributed by atoms with Crippen molar-refractivity contribution in [1.29, 1.82) is 0 Å². The molecule has 1 atom stereocenters. The summed E-state index contributed by atoms with van der Waals surface area (Å²) in [4.78, 5) is 17.7. The topological polar surface area (TPSA) is 107 Å². The average Bonchev–Trinajstić information content (AvgIpc) is 2.77. The van der Waals surface area contributed by atoms with E-state index in [1.165, 1.54) is 6.08 Å². The molecule has 178 valence electrons. The number of amidine groups is 1. The van der Waals surface area contributed by atoms with E-state index in [0.717, 1.165) is 4.90 Å². The van der Waals surface area contributed by atoms with E-state index in [1.807, 2.05) is 31.2 Å². The molecule has 0 heterocycles. The number of hydrogen-bond donors (Lipinski definition) is 3. The Balaban J connectivity index is 2.27. The van der Waals surface area contributed by atoms with Crippen LogP contribution in [0.25, 0.3) is 0 Å². The number of rotatable bonds is 12. The van der Waals surface area contributed by atoms with Crippen LogP contribution in [0.15, 0.2) is 64.6 Å². The minimum absolute atomic E-state index is 0.0824. The number of nitrogens with one attached hydrogen (secondary N) is 2. The summed E-state index contributed by atoms with van der Waals surface area (Å²) in [5.41, 5.74) is 6.08. The zero-order valence-corrected chi connectivity index (χ0v) is 20.4. The Kier molecular flexibility index (Phi) is 10.8. The van der Waals surface area contributed by atoms with Crippen LogP contribution in [0.5, 0.6) is 17.2 Å². The molecule has 0 bridgehead atoms. The molecule has 4 N–H and O–H groups in total. The maximum Gasteiger partial charge on any atom is 0.279 e. The normalized spacial score (nSPS) is 12.7. The number of benzene rings is 2. The largest absolute Gasteiger partial charge is 0.488 e. The molecule has 2 rings (SSSR count). The van der Waals surface area contributed by atoms with Crippen LogP contribution in [-0.4, -0.2) is 44.7 Å². The number of nitrogens with two attached hydrogens (primary N) is 1. The van der Waals surface area contributed by atoms with Crippen molar-refractivity contribution < 1.29 is 19.0 Å². The smallest absolute Gasteiger partial charge is 0.279 e. The summed E-state index contributed by atoms with van der Waals surface area (Å²) < 4.78 is 20.3. The van der Waals surface area contributed by atoms with E-state index in [9.17, 15) is 4.79 Å². The monoisotopic (exact) mass is 472 g/mol. The van der Waals surface area contributed by atoms with Crippen LogP contribution in [0, 0.1) is 0 Å². The fourth-order valence-corrected chi connectivity index (χ4v) is 3.25. The zero-order chi connectivity index (χ0) is 24.2. The second-order valence-electron chi connectivity index (χ2n) is 7.49. The van der Waals surface area contributed by atoms with E-state index in [2.05, 4.69) is 28.9 Å². The lowest BCUT2D eigenvalue weighted by Gasteiger charge is -2.16. The molecule has 9 heteroatoms. The Labute approximate surface area is 199 Å². The molecular weight excluding hydrogens is 440 g/mol. The summed E-state index contributed by atoms with van der Waals surface area (Å²) in [6, 6.07) is 13.0. The molecule has 0 radical (unpaired) electrons. The molecule has 1 unspecified atom stereocenters. The number of carbonyl (C=O) groups is 1. The van der Waals surface area contributed by atoms with Crippen molar-refractivity contribution in [3.05, 3.63) is 60.3 Å². The van der Waals surface area contributed by atoms with E-state index in [1.54, 1.807) is 50.5 Å². The number of nitrogens with zero attached hydrogens (tertiary/aromatic N) is 1. The summed E-state index contributed by atoms with van der Waals surface area (Å²) in [7, 11) is 3.33. The molecule has 1 amide bonds. The minimum atomic E-state index is -0.505. The Hall–Kier alpha value is -3.01. The molecule has 0 fully saturated rings. The van der Waals surface area contributed by atoms with Gasteiger partial charge in [0, 0.05) is 36.7 Å². The van der Waals surface area contributed by atoms with Gasteiger partial charge in [-0.25, -0.2) is 0 Å². The van der Waals surface area contributed by atoms with Crippen molar-refractivity contribution in [3.63, 3.8) is 0 Å². The zero-order valence-electron chi connectivity index (χ0n) is 19.6. The lowest BCUT2D eigenvalue weighted by molar-refractivity contribution is 0.0915. The first-order valence-electron chi connectivity index (χ1n) is 10.5. The van der Waals surface area contributed by atoms with Crippen molar-refractivity contribution in [3.8, 4) is 17.2 Å². The number of aliphatic imine (C=N–C) groups is 1. The fraction of sp³-hybridized carbons (Fsp3) is 0.333. The molecule has 0 aliphatic heterocycles. The molecule has 0 spiro atoms. The van der Waals surface area contributed by atoms with Crippen molar-refractivity contribution in [2.45, 2.75) is 37.8 Å². The SMILES string of the molecule is CN/C=C\C(N)=NC(=O)c1cc(Oc2ccc(SNC(C)C)cc2)cc(OC(C)COC)c1. The molecule has 0 saturated heterocycles. The van der Waals surface area contributed by atoms with E-state index < -0.39 is 5.91 Å². The van der Waals surface area contributed by atoms with Gasteiger partial charge in [0.05, 0.1) is 6.61 Å². The summed E-state index contributed by atoms with van der Waals surface area (Å²) in [6.45, 7) is 6.44. The average molecular weight is 473 g/mol. The summed E-state index contributed by atoms with van der Waals surface area (Å²) in [6.07, 6.45) is 2.88. The predicted octanol–water partition coefficient (Wildman–Crippen LogP) is 4.13. The Morgan fingerprint density at radius 1 is 1.12 bits per heavy atom. The number of hydrogen-bond acceptors (Lipinski definition) is 7. The van der Waals surface area contributed by atoms with Crippen molar-refractivity contribution in [2.75, 3.05) is 20.8 Å². The van der Waals surface area contributed by atoms with Gasteiger partial charge in [0.2, 0.25) is 0 Å². The molecular formula is C24H32N4O4S. The number of ether oxygens (including phenoxy) is 3. The van der Waals surface area contributed by atoms with Gasteiger partial charge in [0.25, 0.3) is 5.91 Å². The van der Waals surface area contributed by atoms with Crippen LogP contribution in [0.1, 0.15) is 31.1 Å². The van der Waals surface area contributed by atoms with Gasteiger partial charge in [-0.3, -0.25) is 9.52 Å². The van der Waals surface area contributed by atoms with Gasteiger partial charge in [0.15, 0.2) is 0 Å². The van der Waals surface area contributed by atoms with Crippen LogP contribution in [0.2, 0.25) is 0 Å². The molecule has 0 aliphatic rings. The number of amides is 1. The Bertz CT molecular complexity index is 961. The van der Waals surface area contributed by atoms with Gasteiger partial charge in [-0.1, -0.05) is 0 Å². The van der Waals surface area contributed by atoms with Crippen molar-refractivity contribution in [1.82, 2.24) is 10.0 Å². The van der Waals surface area contributed by atoms with Crippen LogP contribution in [-0.2, 0) is 4.74 Å². The highest BCUT2D eigenvalue weighted by Gasteiger charge is 2.13. The van der Waals surface area contributed by atoms with Gasteiger partial charge in [-0.2, -0.15) is 4.99 Å². The first-order chi connectivity index (χ1) is 15.8. The van der Waals surface area contributed by atoms with Gasteiger partial charge < -0.3 is 25.3 Å². The highest BCUT2D eigenvalue weighted by atomic mass is 32.2. The lowest BCUT2D eigenvalue weighted by atomic mass is 10.2. The van der Waals surface area contributed by atoms with Crippen LogP contribution in [0.3, 0.4) is 0 Å². The quantitative estimate of drug-likeness (QED) is 0.240. The Morgan fingerprint density at radius 2 is 1.82 bits per heavy atom. The highest BCUT2D eigenvalue weighted by Crippen LogP contribution is 2.29. The second-order valence-corrected chi connectivity index (χ2v) is 8.40. The maximum atomic E-state index is 12.7. The van der Waals surface area contributed by atoms with E-state index in [4.69, 9.17) is 19.9 Å². The molecule has 8 nitrogen and oxygen atoms in total. The van der Waals surface area contributed by atoms with Gasteiger partial charge in [0.1, 0.15) is 29.2 Å². The van der Waals surface area contributed by atoms with E-state index in [0.29, 0.717) is 35.5 Å². The Morgan fingerprint density at radius 3 is 2.45 bits per heavy atom. The van der Waals surface area contributed by atoms with Crippen molar-refractivity contribution >= 4 is 23.7 Å². The number of carbonyl (C=O) groups excluding carboxylic acids is 1. The van der Waals surface area contributed by atoms with Crippen molar-refractivity contribution in [2.24, 2.45) is 10.7 Å². The minimum Gasteiger partial charge on any atom is -0.488 e. The van der Waals surface area contributed by atoms with Gasteiger partial charge in [-0.05, 0) is 81.4 Å². The third-order valence-corrected chi connectivity index (χ3v) is 5.09. The van der Waals surface area contributed by atoms with Crippen LogP contribution in [0.4, 0.5) is 0 Å². The molecule has 33 heavy (non-hydrogen) atoms. The third kappa shape index (κ3) is 9.56. The molecule has 0 aromatic heterocycles. The maximum absolute atomic E-state index is 12.7. The standard InChI is InChI=1S/C24H32N4O4S/c1-16(2)28-33-22-8-6-19(7-9-22)32-21-13-18(24(29)27-23(25)10-11-26-4)12-20(14-21)31-17(3)15-30-5/h6-14,16-17,26,28H,15H2,1-5H3,(H2,25,27,29)/b11-10-. The predicted molar refractivity (Wildman–Crippen MR) is 133 cm³/mol. The number of methoxy groups -OCH3 is 1. The summed E-state index contributed by atoms with van der Waals surface area (Å²) in [5.74, 6) is 1.12. The lowest BCUT2D eigenvalue weighted by Crippen LogP contribution is -2.18. The third-order valence-electron chi connectivity index (χ3n) is 3.99. The van der Waals surface area contributed by atoms with E-state index >= 15 is 0 Å².